The highest BCUT2D eigenvalue weighted by atomic mass is 19.1. The van der Waals surface area contributed by atoms with Crippen LogP contribution in [0.3, 0.4) is 0 Å². The van der Waals surface area contributed by atoms with E-state index in [0.29, 0.717) is 56.9 Å². The van der Waals surface area contributed by atoms with Crippen LogP contribution >= 0.6 is 0 Å². The summed E-state index contributed by atoms with van der Waals surface area (Å²) in [6.45, 7) is 2.92. The van der Waals surface area contributed by atoms with Gasteiger partial charge in [0.05, 0.1) is 7.11 Å². The van der Waals surface area contributed by atoms with Gasteiger partial charge in [0.15, 0.2) is 5.60 Å². The lowest BCUT2D eigenvalue weighted by molar-refractivity contribution is -0.157. The maximum absolute atomic E-state index is 14.1. The number of hydrogen-bond donors (Lipinski definition) is 3. The number of carbonyl (C=O) groups is 2. The quantitative estimate of drug-likeness (QED) is 0.552. The van der Waals surface area contributed by atoms with E-state index in [4.69, 9.17) is 4.74 Å². The van der Waals surface area contributed by atoms with Crippen LogP contribution in [-0.2, 0) is 11.3 Å². The number of piperidine rings is 1. The summed E-state index contributed by atoms with van der Waals surface area (Å²) in [5.41, 5.74) is -1.18. The minimum absolute atomic E-state index is 0.0815. The van der Waals surface area contributed by atoms with Gasteiger partial charge in [-0.3, -0.25) is 4.79 Å². The van der Waals surface area contributed by atoms with Crippen molar-refractivity contribution < 1.29 is 23.8 Å². The molecule has 154 valence electrons. The van der Waals surface area contributed by atoms with E-state index in [1.165, 1.54) is 24.1 Å². The zero-order valence-corrected chi connectivity index (χ0v) is 16.0. The molecule has 0 aromatic heterocycles. The Labute approximate surface area is 163 Å². The van der Waals surface area contributed by atoms with Crippen LogP contribution in [0.1, 0.15) is 18.4 Å². The Morgan fingerprint density at radius 3 is 2.86 bits per heavy atom. The Hall–Kier alpha value is -2.39. The van der Waals surface area contributed by atoms with Crippen molar-refractivity contribution in [2.75, 3.05) is 46.4 Å². The monoisotopic (exact) mass is 394 g/mol. The third-order valence-electron chi connectivity index (χ3n) is 5.24. The predicted octanol–water partition coefficient (Wildman–Crippen LogP) is 0.303. The molecule has 0 spiro atoms. The fourth-order valence-corrected chi connectivity index (χ4v) is 3.62. The van der Waals surface area contributed by atoms with Gasteiger partial charge in [0.1, 0.15) is 11.6 Å². The number of nitrogens with one attached hydrogen (secondary N) is 2. The number of aliphatic hydroxyl groups is 1. The lowest BCUT2D eigenvalue weighted by Gasteiger charge is -2.38. The van der Waals surface area contributed by atoms with Gasteiger partial charge in [-0.2, -0.15) is 0 Å². The Balaban J connectivity index is 1.55. The van der Waals surface area contributed by atoms with E-state index in [-0.39, 0.29) is 19.1 Å². The van der Waals surface area contributed by atoms with Crippen molar-refractivity contribution in [3.05, 3.63) is 29.6 Å². The molecule has 9 heteroatoms. The molecule has 0 unspecified atom stereocenters. The largest absolute Gasteiger partial charge is 0.497 e. The number of benzene rings is 1. The summed E-state index contributed by atoms with van der Waals surface area (Å²) >= 11 is 0. The van der Waals surface area contributed by atoms with Crippen LogP contribution in [0, 0.1) is 5.82 Å². The number of carbonyl (C=O) groups excluding carboxylic acids is 2. The van der Waals surface area contributed by atoms with Gasteiger partial charge >= 0.3 is 6.03 Å². The summed E-state index contributed by atoms with van der Waals surface area (Å²) in [5.74, 6) is -0.305. The molecule has 2 fully saturated rings. The molecule has 2 aliphatic heterocycles. The zero-order chi connectivity index (χ0) is 20.1. The summed E-state index contributed by atoms with van der Waals surface area (Å²) in [7, 11) is 1.50. The fraction of sp³-hybridized carbons (Fsp3) is 0.579. The minimum atomic E-state index is -1.53. The van der Waals surface area contributed by atoms with E-state index < -0.39 is 17.3 Å². The van der Waals surface area contributed by atoms with Crippen molar-refractivity contribution in [2.45, 2.75) is 25.0 Å². The van der Waals surface area contributed by atoms with Crippen LogP contribution in [0.25, 0.3) is 0 Å². The van der Waals surface area contributed by atoms with Crippen molar-refractivity contribution >= 4 is 11.9 Å². The fourth-order valence-electron chi connectivity index (χ4n) is 3.62. The average Bonchev–Trinajstić information content (AvgIpc) is 3.09. The van der Waals surface area contributed by atoms with Crippen molar-refractivity contribution in [1.29, 1.82) is 0 Å². The van der Waals surface area contributed by atoms with E-state index in [1.54, 1.807) is 11.0 Å². The molecule has 3 N–H and O–H groups in total. The third-order valence-corrected chi connectivity index (χ3v) is 5.24. The van der Waals surface area contributed by atoms with E-state index in [2.05, 4.69) is 10.6 Å². The van der Waals surface area contributed by atoms with Crippen LogP contribution in [-0.4, -0.2) is 78.8 Å². The second-order valence-electron chi connectivity index (χ2n) is 7.21. The Kier molecular flexibility index (Phi) is 6.35. The van der Waals surface area contributed by atoms with Gasteiger partial charge in [-0.25, -0.2) is 9.18 Å². The van der Waals surface area contributed by atoms with Gasteiger partial charge in [-0.05, 0) is 31.0 Å². The topological polar surface area (TPSA) is 94.1 Å². The van der Waals surface area contributed by atoms with E-state index >= 15 is 0 Å². The number of nitrogens with zero attached hydrogens (tertiary/aromatic N) is 2. The Morgan fingerprint density at radius 2 is 2.14 bits per heavy atom. The highest BCUT2D eigenvalue weighted by Gasteiger charge is 2.42. The lowest BCUT2D eigenvalue weighted by atomic mass is 9.91. The molecule has 2 heterocycles. The SMILES string of the molecule is COc1ccc(F)c(CN2CCC[C@](O)(CNCCN3CCNC3=O)C2=O)c1. The molecule has 1 aromatic rings. The third kappa shape index (κ3) is 4.53. The number of rotatable bonds is 8. The van der Waals surface area contributed by atoms with E-state index in [0.717, 1.165) is 0 Å². The molecule has 2 saturated heterocycles. The van der Waals surface area contributed by atoms with Crippen LogP contribution in [0.2, 0.25) is 0 Å². The molecule has 2 aliphatic rings. The molecule has 3 rings (SSSR count). The van der Waals surface area contributed by atoms with Crippen molar-refractivity contribution in [3.8, 4) is 5.75 Å². The highest BCUT2D eigenvalue weighted by Crippen LogP contribution is 2.25. The summed E-state index contributed by atoms with van der Waals surface area (Å²) in [6, 6.07) is 4.30. The summed E-state index contributed by atoms with van der Waals surface area (Å²) in [6.07, 6.45) is 0.976. The minimum Gasteiger partial charge on any atom is -0.497 e. The highest BCUT2D eigenvalue weighted by molar-refractivity contribution is 5.86. The van der Waals surface area contributed by atoms with Gasteiger partial charge in [0.2, 0.25) is 0 Å². The molecule has 1 atom stereocenters. The van der Waals surface area contributed by atoms with Gasteiger partial charge in [-0.15, -0.1) is 0 Å². The maximum atomic E-state index is 14.1. The van der Waals surface area contributed by atoms with Crippen LogP contribution in [0.15, 0.2) is 18.2 Å². The normalized spacial score (nSPS) is 22.5. The molecule has 28 heavy (non-hydrogen) atoms. The number of halogens is 1. The predicted molar refractivity (Wildman–Crippen MR) is 100 cm³/mol. The number of amides is 3. The standard InChI is InChI=1S/C19H27FN4O4/c1-28-15-3-4-16(20)14(11-15)12-24-8-2-5-19(27,17(24)25)13-21-6-9-23-10-7-22-18(23)26/h3-4,11,21,27H,2,5-10,12-13H2,1H3,(H,22,26)/t19-/m0/s1. The Bertz CT molecular complexity index is 732. The summed E-state index contributed by atoms with van der Waals surface area (Å²) in [4.78, 5) is 27.5. The first-order valence-electron chi connectivity index (χ1n) is 9.50. The first-order chi connectivity index (χ1) is 13.4. The van der Waals surface area contributed by atoms with Crippen molar-refractivity contribution in [2.24, 2.45) is 0 Å². The van der Waals surface area contributed by atoms with Crippen LogP contribution in [0.5, 0.6) is 5.75 Å². The molecule has 0 bridgehead atoms. The molecule has 3 amide bonds. The molecule has 1 aromatic carbocycles. The average molecular weight is 394 g/mol. The first kappa shape index (κ1) is 20.3. The van der Waals surface area contributed by atoms with Crippen molar-refractivity contribution in [3.63, 3.8) is 0 Å². The summed E-state index contributed by atoms with van der Waals surface area (Å²) in [5, 5.41) is 16.6. The van der Waals surface area contributed by atoms with Gasteiger partial charge < -0.3 is 30.3 Å². The molecule has 0 radical (unpaired) electrons. The molecular formula is C19H27FN4O4. The van der Waals surface area contributed by atoms with Crippen LogP contribution in [0.4, 0.5) is 9.18 Å². The molecule has 0 aliphatic carbocycles. The smallest absolute Gasteiger partial charge is 0.317 e. The number of likely N-dealkylation sites (tertiary alicyclic amines) is 1. The van der Waals surface area contributed by atoms with E-state index in [1.807, 2.05) is 0 Å². The molecule has 0 saturated carbocycles. The van der Waals surface area contributed by atoms with Gasteiger partial charge in [-0.1, -0.05) is 0 Å². The number of methoxy groups -OCH3 is 1. The van der Waals surface area contributed by atoms with Gasteiger partial charge in [0, 0.05) is 51.4 Å². The van der Waals surface area contributed by atoms with E-state index in [9.17, 15) is 19.1 Å². The number of hydrogen-bond acceptors (Lipinski definition) is 5. The second kappa shape index (κ2) is 8.74. The lowest BCUT2D eigenvalue weighted by Crippen LogP contribution is -2.58. The zero-order valence-electron chi connectivity index (χ0n) is 16.0. The molecule has 8 nitrogen and oxygen atoms in total. The van der Waals surface area contributed by atoms with Gasteiger partial charge in [0.25, 0.3) is 5.91 Å². The first-order valence-corrected chi connectivity index (χ1v) is 9.50. The maximum Gasteiger partial charge on any atom is 0.317 e. The Morgan fingerprint density at radius 1 is 1.32 bits per heavy atom. The van der Waals surface area contributed by atoms with Crippen molar-refractivity contribution in [1.82, 2.24) is 20.4 Å². The second-order valence-corrected chi connectivity index (χ2v) is 7.21. The molecular weight excluding hydrogens is 367 g/mol. The number of urea groups is 1. The van der Waals surface area contributed by atoms with Crippen LogP contribution < -0.4 is 15.4 Å². The number of ether oxygens (including phenoxy) is 1. The summed E-state index contributed by atoms with van der Waals surface area (Å²) < 4.78 is 19.2.